The molecule has 0 heterocycles. The minimum atomic E-state index is 0.373. The second-order valence-electron chi connectivity index (χ2n) is 3.00. The minimum absolute atomic E-state index is 0.373. The van der Waals surface area contributed by atoms with Gasteiger partial charge in [0.25, 0.3) is 0 Å². The molecule has 0 spiro atoms. The third kappa shape index (κ3) is 1.50. The normalized spacial score (nSPS) is 9.83. The van der Waals surface area contributed by atoms with Gasteiger partial charge in [-0.2, -0.15) is 0 Å². The van der Waals surface area contributed by atoms with E-state index >= 15 is 0 Å². The highest BCUT2D eigenvalue weighted by molar-refractivity contribution is 5.43. The van der Waals surface area contributed by atoms with Crippen LogP contribution in [0, 0.1) is 13.8 Å². The first kappa shape index (κ1) is 8.85. The van der Waals surface area contributed by atoms with Crippen molar-refractivity contribution in [1.82, 2.24) is 0 Å². The van der Waals surface area contributed by atoms with Crippen LogP contribution in [0.1, 0.15) is 16.7 Å². The molecule has 64 valence electrons. The van der Waals surface area contributed by atoms with Crippen LogP contribution in [-0.2, 0) is 6.42 Å². The van der Waals surface area contributed by atoms with E-state index in [1.54, 1.807) is 6.07 Å². The molecule has 0 radical (unpaired) electrons. The average molecular weight is 162 g/mol. The predicted octanol–water partition coefficient (Wildman–Crippen LogP) is 2.74. The number of rotatable bonds is 2. The lowest BCUT2D eigenvalue weighted by atomic mass is 10.00. The van der Waals surface area contributed by atoms with E-state index in [0.717, 1.165) is 17.5 Å². The van der Waals surface area contributed by atoms with Gasteiger partial charge >= 0.3 is 0 Å². The van der Waals surface area contributed by atoms with Crippen LogP contribution in [0.25, 0.3) is 0 Å². The first-order valence-electron chi connectivity index (χ1n) is 4.05. The maximum Gasteiger partial charge on any atom is 0.119 e. The summed E-state index contributed by atoms with van der Waals surface area (Å²) in [7, 11) is 0. The van der Waals surface area contributed by atoms with Gasteiger partial charge in [-0.3, -0.25) is 0 Å². The molecule has 0 aromatic heterocycles. The van der Waals surface area contributed by atoms with E-state index in [0.29, 0.717) is 5.75 Å². The zero-order valence-electron chi connectivity index (χ0n) is 7.59. The van der Waals surface area contributed by atoms with Crippen LogP contribution >= 0.6 is 0 Å². The summed E-state index contributed by atoms with van der Waals surface area (Å²) in [4.78, 5) is 0. The molecule has 0 aliphatic carbocycles. The number of hydrogen-bond acceptors (Lipinski definition) is 1. The monoisotopic (exact) mass is 162 g/mol. The number of aryl methyl sites for hydroxylation is 1. The highest BCUT2D eigenvalue weighted by atomic mass is 16.3. The standard InChI is InChI=1S/C11H14O/c1-4-5-10-9(3)8(2)6-7-11(10)12/h4,6-7,12H,1,5H2,2-3H3. The van der Waals surface area contributed by atoms with Crippen LogP contribution in [0.3, 0.4) is 0 Å². The van der Waals surface area contributed by atoms with Crippen molar-refractivity contribution in [3.8, 4) is 5.75 Å². The number of phenols is 1. The molecule has 0 amide bonds. The van der Waals surface area contributed by atoms with Gasteiger partial charge in [-0.25, -0.2) is 0 Å². The lowest BCUT2D eigenvalue weighted by molar-refractivity contribution is 0.469. The van der Waals surface area contributed by atoms with Crippen LogP contribution in [0.2, 0.25) is 0 Å². The highest BCUT2D eigenvalue weighted by Crippen LogP contribution is 2.23. The maximum absolute atomic E-state index is 9.50. The van der Waals surface area contributed by atoms with Crippen molar-refractivity contribution in [2.75, 3.05) is 0 Å². The van der Waals surface area contributed by atoms with E-state index in [-0.39, 0.29) is 0 Å². The molecule has 0 bridgehead atoms. The Kier molecular flexibility index (Phi) is 2.54. The van der Waals surface area contributed by atoms with Crippen LogP contribution in [0.4, 0.5) is 0 Å². The quantitative estimate of drug-likeness (QED) is 0.663. The van der Waals surface area contributed by atoms with Crippen molar-refractivity contribution in [2.24, 2.45) is 0 Å². The van der Waals surface area contributed by atoms with Gasteiger partial charge < -0.3 is 5.11 Å². The molecule has 1 N–H and O–H groups in total. The van der Waals surface area contributed by atoms with E-state index in [4.69, 9.17) is 0 Å². The summed E-state index contributed by atoms with van der Waals surface area (Å²) < 4.78 is 0. The summed E-state index contributed by atoms with van der Waals surface area (Å²) in [5.74, 6) is 0.373. The second-order valence-corrected chi connectivity index (χ2v) is 3.00. The van der Waals surface area contributed by atoms with Gasteiger partial charge in [0.15, 0.2) is 0 Å². The molecular formula is C11H14O. The van der Waals surface area contributed by atoms with E-state index in [9.17, 15) is 5.11 Å². The van der Waals surface area contributed by atoms with Crippen LogP contribution in [0.5, 0.6) is 5.75 Å². The molecule has 1 rings (SSSR count). The van der Waals surface area contributed by atoms with E-state index < -0.39 is 0 Å². The van der Waals surface area contributed by atoms with Crippen molar-refractivity contribution in [1.29, 1.82) is 0 Å². The smallest absolute Gasteiger partial charge is 0.119 e. The Bertz CT molecular complexity index is 300. The molecule has 0 atom stereocenters. The zero-order chi connectivity index (χ0) is 9.14. The molecular weight excluding hydrogens is 148 g/mol. The van der Waals surface area contributed by atoms with Gasteiger partial charge in [-0.1, -0.05) is 12.1 Å². The molecule has 1 heteroatoms. The number of benzene rings is 1. The van der Waals surface area contributed by atoms with Gasteiger partial charge in [-0.05, 0) is 37.5 Å². The summed E-state index contributed by atoms with van der Waals surface area (Å²) in [6.45, 7) is 7.72. The summed E-state index contributed by atoms with van der Waals surface area (Å²) in [6.07, 6.45) is 2.54. The number of allylic oxidation sites excluding steroid dienone is 1. The lowest BCUT2D eigenvalue weighted by Crippen LogP contribution is -1.90. The minimum Gasteiger partial charge on any atom is -0.508 e. The molecule has 0 fully saturated rings. The second kappa shape index (κ2) is 3.44. The van der Waals surface area contributed by atoms with E-state index in [1.165, 1.54) is 5.56 Å². The fourth-order valence-corrected chi connectivity index (χ4v) is 1.26. The molecule has 1 aromatic rings. The van der Waals surface area contributed by atoms with Gasteiger partial charge in [0.1, 0.15) is 5.75 Å². The number of phenolic OH excluding ortho intramolecular Hbond substituents is 1. The molecule has 0 saturated heterocycles. The van der Waals surface area contributed by atoms with Gasteiger partial charge in [0.05, 0.1) is 0 Å². The van der Waals surface area contributed by atoms with Crippen LogP contribution < -0.4 is 0 Å². The first-order chi connectivity index (χ1) is 5.66. The third-order valence-electron chi connectivity index (χ3n) is 2.19. The highest BCUT2D eigenvalue weighted by Gasteiger charge is 2.04. The molecule has 0 aliphatic rings. The summed E-state index contributed by atoms with van der Waals surface area (Å²) in [5, 5.41) is 9.50. The summed E-state index contributed by atoms with van der Waals surface area (Å²) >= 11 is 0. The lowest BCUT2D eigenvalue weighted by Gasteiger charge is -2.08. The van der Waals surface area contributed by atoms with Gasteiger partial charge in [0.2, 0.25) is 0 Å². The van der Waals surface area contributed by atoms with Crippen molar-refractivity contribution in [3.63, 3.8) is 0 Å². The fourth-order valence-electron chi connectivity index (χ4n) is 1.26. The van der Waals surface area contributed by atoms with Crippen molar-refractivity contribution in [3.05, 3.63) is 41.5 Å². The number of hydrogen-bond donors (Lipinski definition) is 1. The Morgan fingerprint density at radius 1 is 1.42 bits per heavy atom. The number of aromatic hydroxyl groups is 1. The van der Waals surface area contributed by atoms with Crippen molar-refractivity contribution >= 4 is 0 Å². The Labute approximate surface area is 73.4 Å². The Hall–Kier alpha value is -1.24. The van der Waals surface area contributed by atoms with E-state index in [1.807, 2.05) is 26.0 Å². The Balaban J connectivity index is 3.22. The third-order valence-corrected chi connectivity index (χ3v) is 2.19. The molecule has 0 aliphatic heterocycles. The largest absolute Gasteiger partial charge is 0.508 e. The van der Waals surface area contributed by atoms with E-state index in [2.05, 4.69) is 6.58 Å². The maximum atomic E-state index is 9.50. The predicted molar refractivity (Wildman–Crippen MR) is 51.5 cm³/mol. The SMILES string of the molecule is C=CCc1c(O)ccc(C)c1C. The first-order valence-corrected chi connectivity index (χ1v) is 4.05. The van der Waals surface area contributed by atoms with Crippen molar-refractivity contribution in [2.45, 2.75) is 20.3 Å². The molecule has 0 saturated carbocycles. The van der Waals surface area contributed by atoms with Gasteiger partial charge in [0, 0.05) is 5.56 Å². The van der Waals surface area contributed by atoms with Crippen molar-refractivity contribution < 1.29 is 5.11 Å². The van der Waals surface area contributed by atoms with Gasteiger partial charge in [-0.15, -0.1) is 6.58 Å². The summed E-state index contributed by atoms with van der Waals surface area (Å²) in [6, 6.07) is 3.67. The molecule has 1 nitrogen and oxygen atoms in total. The Morgan fingerprint density at radius 3 is 2.67 bits per heavy atom. The molecule has 0 unspecified atom stereocenters. The average Bonchev–Trinajstić information content (AvgIpc) is 2.06. The fraction of sp³-hybridized carbons (Fsp3) is 0.273. The summed E-state index contributed by atoms with van der Waals surface area (Å²) in [5.41, 5.74) is 3.37. The molecule has 1 aromatic carbocycles. The van der Waals surface area contributed by atoms with Crippen LogP contribution in [-0.4, -0.2) is 5.11 Å². The van der Waals surface area contributed by atoms with Crippen LogP contribution in [0.15, 0.2) is 24.8 Å². The topological polar surface area (TPSA) is 20.2 Å². The Morgan fingerprint density at radius 2 is 2.08 bits per heavy atom. The molecule has 12 heavy (non-hydrogen) atoms. The zero-order valence-corrected chi connectivity index (χ0v) is 7.59.